The SMILES string of the molecule is Cc1ccc(-n2nc(C(C)C)c(Cl)c2N)c(C)c1. The summed E-state index contributed by atoms with van der Waals surface area (Å²) in [5, 5.41) is 5.09. The van der Waals surface area contributed by atoms with Crippen LogP contribution in [-0.2, 0) is 0 Å². The highest BCUT2D eigenvalue weighted by Gasteiger charge is 2.18. The molecule has 2 rings (SSSR count). The third kappa shape index (κ3) is 2.10. The molecular weight excluding hydrogens is 246 g/mol. The molecule has 0 radical (unpaired) electrons. The van der Waals surface area contributed by atoms with Crippen LogP contribution in [0.3, 0.4) is 0 Å². The summed E-state index contributed by atoms with van der Waals surface area (Å²) in [5.41, 5.74) is 10.2. The topological polar surface area (TPSA) is 43.8 Å². The maximum atomic E-state index is 6.23. The minimum absolute atomic E-state index is 0.256. The van der Waals surface area contributed by atoms with Crippen molar-refractivity contribution in [2.24, 2.45) is 0 Å². The molecule has 0 atom stereocenters. The first-order valence-electron chi connectivity index (χ1n) is 6.03. The maximum Gasteiger partial charge on any atom is 0.146 e. The smallest absolute Gasteiger partial charge is 0.146 e. The first kappa shape index (κ1) is 13.0. The molecule has 96 valence electrons. The van der Waals surface area contributed by atoms with Crippen molar-refractivity contribution in [2.45, 2.75) is 33.6 Å². The number of nitrogen functional groups attached to an aromatic ring is 1. The normalized spacial score (nSPS) is 11.2. The number of aromatic nitrogens is 2. The van der Waals surface area contributed by atoms with Crippen LogP contribution in [0.2, 0.25) is 5.02 Å². The fourth-order valence-corrected chi connectivity index (χ4v) is 2.36. The summed E-state index contributed by atoms with van der Waals surface area (Å²) in [5.74, 6) is 0.763. The first-order valence-corrected chi connectivity index (χ1v) is 6.41. The number of nitrogens with zero attached hydrogens (tertiary/aromatic N) is 2. The Morgan fingerprint density at radius 1 is 1.28 bits per heavy atom. The van der Waals surface area contributed by atoms with Gasteiger partial charge in [-0.3, -0.25) is 0 Å². The molecule has 0 amide bonds. The van der Waals surface area contributed by atoms with Gasteiger partial charge in [0.1, 0.15) is 10.8 Å². The summed E-state index contributed by atoms with van der Waals surface area (Å²) in [6, 6.07) is 6.18. The Balaban J connectivity index is 2.61. The van der Waals surface area contributed by atoms with E-state index >= 15 is 0 Å². The van der Waals surface area contributed by atoms with Crippen LogP contribution in [0.15, 0.2) is 18.2 Å². The van der Waals surface area contributed by atoms with Crippen LogP contribution in [0.25, 0.3) is 5.69 Å². The molecule has 1 heterocycles. The van der Waals surface area contributed by atoms with E-state index < -0.39 is 0 Å². The second-order valence-electron chi connectivity index (χ2n) is 4.94. The number of nitrogens with two attached hydrogens (primary N) is 1. The molecule has 0 aliphatic rings. The van der Waals surface area contributed by atoms with E-state index in [0.29, 0.717) is 10.8 Å². The maximum absolute atomic E-state index is 6.23. The van der Waals surface area contributed by atoms with Gasteiger partial charge < -0.3 is 5.73 Å². The van der Waals surface area contributed by atoms with Crippen molar-refractivity contribution in [3.63, 3.8) is 0 Å². The van der Waals surface area contributed by atoms with E-state index in [2.05, 4.69) is 31.9 Å². The third-order valence-corrected chi connectivity index (χ3v) is 3.40. The monoisotopic (exact) mass is 263 g/mol. The van der Waals surface area contributed by atoms with E-state index in [9.17, 15) is 0 Å². The van der Waals surface area contributed by atoms with Crippen molar-refractivity contribution in [1.29, 1.82) is 0 Å². The van der Waals surface area contributed by atoms with E-state index in [1.165, 1.54) is 5.56 Å². The Morgan fingerprint density at radius 2 is 1.94 bits per heavy atom. The molecule has 18 heavy (non-hydrogen) atoms. The zero-order valence-corrected chi connectivity index (χ0v) is 11.9. The third-order valence-electron chi connectivity index (χ3n) is 3.01. The van der Waals surface area contributed by atoms with Crippen molar-refractivity contribution >= 4 is 17.4 Å². The summed E-state index contributed by atoms with van der Waals surface area (Å²) in [4.78, 5) is 0. The highest BCUT2D eigenvalue weighted by atomic mass is 35.5. The van der Waals surface area contributed by atoms with Crippen LogP contribution in [0.1, 0.15) is 36.6 Å². The van der Waals surface area contributed by atoms with Crippen LogP contribution in [0.4, 0.5) is 5.82 Å². The quantitative estimate of drug-likeness (QED) is 0.894. The van der Waals surface area contributed by atoms with Crippen molar-refractivity contribution in [3.8, 4) is 5.69 Å². The van der Waals surface area contributed by atoms with Gasteiger partial charge in [-0.25, -0.2) is 4.68 Å². The van der Waals surface area contributed by atoms with Gasteiger partial charge in [-0.1, -0.05) is 43.1 Å². The predicted octanol–water partition coefficient (Wildman–Crippen LogP) is 3.85. The molecule has 0 aliphatic carbocycles. The lowest BCUT2D eigenvalue weighted by atomic mass is 10.1. The standard InChI is InChI=1S/C14H18ClN3/c1-8(2)13-12(15)14(16)18(17-13)11-6-5-9(3)7-10(11)4/h5-8H,16H2,1-4H3. The number of halogens is 1. The van der Waals surface area contributed by atoms with Gasteiger partial charge in [-0.15, -0.1) is 0 Å². The molecule has 1 aromatic carbocycles. The molecule has 0 saturated carbocycles. The summed E-state index contributed by atoms with van der Waals surface area (Å²) in [7, 11) is 0. The van der Waals surface area contributed by atoms with Crippen LogP contribution in [-0.4, -0.2) is 9.78 Å². The Bertz CT molecular complexity index is 585. The summed E-state index contributed by atoms with van der Waals surface area (Å²) in [6.45, 7) is 8.22. The lowest BCUT2D eigenvalue weighted by molar-refractivity contribution is 0.769. The van der Waals surface area contributed by atoms with E-state index in [1.807, 2.05) is 19.1 Å². The highest BCUT2D eigenvalue weighted by Crippen LogP contribution is 2.31. The van der Waals surface area contributed by atoms with Gasteiger partial charge in [0.05, 0.1) is 11.4 Å². The average molecular weight is 264 g/mol. The largest absolute Gasteiger partial charge is 0.382 e. The van der Waals surface area contributed by atoms with E-state index in [-0.39, 0.29) is 5.92 Å². The summed E-state index contributed by atoms with van der Waals surface area (Å²) >= 11 is 6.23. The Morgan fingerprint density at radius 3 is 2.44 bits per heavy atom. The molecule has 2 N–H and O–H groups in total. The van der Waals surface area contributed by atoms with Crippen LogP contribution in [0, 0.1) is 13.8 Å². The van der Waals surface area contributed by atoms with Crippen molar-refractivity contribution < 1.29 is 0 Å². The molecule has 2 aromatic rings. The second kappa shape index (κ2) is 4.65. The fourth-order valence-electron chi connectivity index (χ4n) is 2.03. The van der Waals surface area contributed by atoms with Crippen molar-refractivity contribution in [2.75, 3.05) is 5.73 Å². The van der Waals surface area contributed by atoms with Crippen LogP contribution in [0.5, 0.6) is 0 Å². The Labute approximate surface area is 113 Å². The predicted molar refractivity (Wildman–Crippen MR) is 76.5 cm³/mol. The lowest BCUT2D eigenvalue weighted by Crippen LogP contribution is -2.04. The van der Waals surface area contributed by atoms with Crippen molar-refractivity contribution in [1.82, 2.24) is 9.78 Å². The summed E-state index contributed by atoms with van der Waals surface area (Å²) < 4.78 is 1.73. The van der Waals surface area contributed by atoms with Crippen LogP contribution >= 0.6 is 11.6 Å². The van der Waals surface area contributed by atoms with Gasteiger partial charge in [0, 0.05) is 0 Å². The molecule has 1 aromatic heterocycles. The molecule has 3 nitrogen and oxygen atoms in total. The van der Waals surface area contributed by atoms with Gasteiger partial charge >= 0.3 is 0 Å². The number of rotatable bonds is 2. The zero-order valence-electron chi connectivity index (χ0n) is 11.2. The molecule has 0 unspecified atom stereocenters. The molecular formula is C14H18ClN3. The molecule has 0 aliphatic heterocycles. The van der Waals surface area contributed by atoms with E-state index in [0.717, 1.165) is 16.9 Å². The molecule has 0 fully saturated rings. The van der Waals surface area contributed by atoms with Gasteiger partial charge in [0.2, 0.25) is 0 Å². The fraction of sp³-hybridized carbons (Fsp3) is 0.357. The molecule has 0 bridgehead atoms. The number of aryl methyl sites for hydroxylation is 2. The first-order chi connectivity index (χ1) is 8.41. The van der Waals surface area contributed by atoms with E-state index in [4.69, 9.17) is 17.3 Å². The Hall–Kier alpha value is -1.48. The van der Waals surface area contributed by atoms with E-state index in [1.54, 1.807) is 4.68 Å². The van der Waals surface area contributed by atoms with Gasteiger partial charge in [0.15, 0.2) is 0 Å². The van der Waals surface area contributed by atoms with Gasteiger partial charge in [0.25, 0.3) is 0 Å². The minimum atomic E-state index is 0.256. The average Bonchev–Trinajstić information content (AvgIpc) is 2.57. The number of hydrogen-bond acceptors (Lipinski definition) is 2. The van der Waals surface area contributed by atoms with Crippen molar-refractivity contribution in [3.05, 3.63) is 40.0 Å². The zero-order chi connectivity index (χ0) is 13.4. The Kier molecular flexibility index (Phi) is 3.35. The number of anilines is 1. The lowest BCUT2D eigenvalue weighted by Gasteiger charge is -2.08. The van der Waals surface area contributed by atoms with Gasteiger partial charge in [-0.2, -0.15) is 5.10 Å². The molecule has 0 spiro atoms. The highest BCUT2D eigenvalue weighted by molar-refractivity contribution is 6.33. The number of benzene rings is 1. The minimum Gasteiger partial charge on any atom is -0.382 e. The van der Waals surface area contributed by atoms with Crippen LogP contribution < -0.4 is 5.73 Å². The summed E-state index contributed by atoms with van der Waals surface area (Å²) in [6.07, 6.45) is 0. The van der Waals surface area contributed by atoms with Gasteiger partial charge in [-0.05, 0) is 31.4 Å². The number of hydrogen-bond donors (Lipinski definition) is 1. The molecule has 0 saturated heterocycles. The second-order valence-corrected chi connectivity index (χ2v) is 5.32. The molecule has 4 heteroatoms.